The number of benzene rings is 1. The van der Waals surface area contributed by atoms with Crippen LogP contribution in [-0.4, -0.2) is 34.3 Å². The molecule has 1 rings (SSSR count). The summed E-state index contributed by atoms with van der Waals surface area (Å²) in [5, 5.41) is 19.3. The van der Waals surface area contributed by atoms with Gasteiger partial charge in [-0.2, -0.15) is 0 Å². The Kier molecular flexibility index (Phi) is 5.31. The molecule has 0 aromatic heterocycles. The van der Waals surface area contributed by atoms with Crippen LogP contribution < -0.4 is 0 Å². The highest BCUT2D eigenvalue weighted by atomic mass is 32.2. The maximum atomic E-state index is 11.6. The lowest BCUT2D eigenvalue weighted by Crippen LogP contribution is -2.07. The van der Waals surface area contributed by atoms with E-state index in [2.05, 4.69) is 0 Å². The Morgan fingerprint density at radius 2 is 2.16 bits per heavy atom. The molecule has 0 aliphatic rings. The number of carbonyl (C=O) groups is 2. The van der Waals surface area contributed by atoms with Crippen LogP contribution in [0.1, 0.15) is 17.3 Å². The molecule has 0 fully saturated rings. The van der Waals surface area contributed by atoms with E-state index in [0.717, 1.165) is 11.8 Å². The van der Waals surface area contributed by atoms with Gasteiger partial charge in [0.2, 0.25) is 0 Å². The van der Waals surface area contributed by atoms with Gasteiger partial charge in [0, 0.05) is 17.0 Å². The van der Waals surface area contributed by atoms with E-state index in [9.17, 15) is 19.7 Å². The molecular weight excluding hydrogens is 274 g/mol. The summed E-state index contributed by atoms with van der Waals surface area (Å²) >= 11 is 0.836. The number of nitro benzene ring substituents is 1. The first-order valence-electron chi connectivity index (χ1n) is 5.25. The molecule has 1 aromatic rings. The van der Waals surface area contributed by atoms with E-state index < -0.39 is 16.9 Å². The van der Waals surface area contributed by atoms with E-state index in [1.807, 2.05) is 0 Å². The molecule has 102 valence electrons. The van der Waals surface area contributed by atoms with Crippen LogP contribution in [0, 0.1) is 10.1 Å². The van der Waals surface area contributed by atoms with E-state index in [0.29, 0.717) is 0 Å². The molecule has 0 atom stereocenters. The maximum Gasteiger partial charge on any atom is 0.339 e. The zero-order valence-electron chi connectivity index (χ0n) is 9.99. The standard InChI is InChI=1S/C11H11NO6S/c1-2-18-11(15)8-4-3-7(12(16)17)5-9(8)19-6-10(13)14/h3-5H,2,6H2,1H3,(H,13,14). The van der Waals surface area contributed by atoms with Gasteiger partial charge in [-0.3, -0.25) is 14.9 Å². The molecule has 0 heterocycles. The Morgan fingerprint density at radius 3 is 2.68 bits per heavy atom. The highest BCUT2D eigenvalue weighted by Crippen LogP contribution is 2.27. The van der Waals surface area contributed by atoms with Crippen molar-refractivity contribution in [3.8, 4) is 0 Å². The summed E-state index contributed by atoms with van der Waals surface area (Å²) in [5.41, 5.74) is -0.0837. The fourth-order valence-corrected chi connectivity index (χ4v) is 2.05. The van der Waals surface area contributed by atoms with Crippen LogP contribution in [0.4, 0.5) is 5.69 Å². The van der Waals surface area contributed by atoms with Gasteiger partial charge >= 0.3 is 11.9 Å². The average molecular weight is 285 g/mol. The fraction of sp³-hybridized carbons (Fsp3) is 0.273. The molecule has 0 amide bonds. The lowest BCUT2D eigenvalue weighted by atomic mass is 10.2. The van der Waals surface area contributed by atoms with Crippen LogP contribution in [0.25, 0.3) is 0 Å². The van der Waals surface area contributed by atoms with Crippen molar-refractivity contribution in [1.82, 2.24) is 0 Å². The zero-order valence-corrected chi connectivity index (χ0v) is 10.8. The number of hydrogen-bond acceptors (Lipinski definition) is 6. The number of hydrogen-bond donors (Lipinski definition) is 1. The number of ether oxygens (including phenoxy) is 1. The number of nitro groups is 1. The van der Waals surface area contributed by atoms with Gasteiger partial charge in [0.25, 0.3) is 5.69 Å². The van der Waals surface area contributed by atoms with Crippen LogP contribution in [0.15, 0.2) is 23.1 Å². The van der Waals surface area contributed by atoms with Crippen molar-refractivity contribution < 1.29 is 24.4 Å². The molecule has 0 aliphatic heterocycles. The number of non-ortho nitro benzene ring substituents is 1. The number of thioether (sulfide) groups is 1. The Hall–Kier alpha value is -2.09. The molecule has 1 N–H and O–H groups in total. The van der Waals surface area contributed by atoms with Gasteiger partial charge in [-0.15, -0.1) is 11.8 Å². The summed E-state index contributed by atoms with van der Waals surface area (Å²) in [4.78, 5) is 32.4. The van der Waals surface area contributed by atoms with Crippen molar-refractivity contribution in [2.75, 3.05) is 12.4 Å². The smallest absolute Gasteiger partial charge is 0.339 e. The predicted molar refractivity (Wildman–Crippen MR) is 67.4 cm³/mol. The zero-order chi connectivity index (χ0) is 14.4. The van der Waals surface area contributed by atoms with Gasteiger partial charge < -0.3 is 9.84 Å². The summed E-state index contributed by atoms with van der Waals surface area (Å²) in [7, 11) is 0. The average Bonchev–Trinajstić information content (AvgIpc) is 2.36. The SMILES string of the molecule is CCOC(=O)c1ccc([N+](=O)[O-])cc1SCC(=O)O. The van der Waals surface area contributed by atoms with Crippen LogP contribution >= 0.6 is 11.8 Å². The van der Waals surface area contributed by atoms with Crippen LogP contribution in [0.2, 0.25) is 0 Å². The number of esters is 1. The number of carboxylic acids is 1. The summed E-state index contributed by atoms with van der Waals surface area (Å²) in [6, 6.07) is 3.61. The number of nitrogens with zero attached hydrogens (tertiary/aromatic N) is 1. The summed E-state index contributed by atoms with van der Waals surface area (Å²) < 4.78 is 4.81. The van der Waals surface area contributed by atoms with Gasteiger partial charge in [0.15, 0.2) is 0 Å². The number of rotatable bonds is 6. The number of aliphatic carboxylic acids is 1. The first-order chi connectivity index (χ1) is 8.95. The Balaban J connectivity index is 3.10. The Labute approximate surface area is 112 Å². The molecule has 7 nitrogen and oxygen atoms in total. The highest BCUT2D eigenvalue weighted by Gasteiger charge is 2.18. The largest absolute Gasteiger partial charge is 0.481 e. The molecule has 19 heavy (non-hydrogen) atoms. The van der Waals surface area contributed by atoms with Crippen LogP contribution in [0.3, 0.4) is 0 Å². The second-order valence-corrected chi connectivity index (χ2v) is 4.36. The molecule has 8 heteroatoms. The van der Waals surface area contributed by atoms with Gasteiger partial charge in [-0.25, -0.2) is 4.79 Å². The second-order valence-electron chi connectivity index (χ2n) is 3.34. The summed E-state index contributed by atoms with van der Waals surface area (Å²) in [6.07, 6.45) is 0. The molecule has 0 unspecified atom stereocenters. The van der Waals surface area contributed by atoms with Gasteiger partial charge in [-0.05, 0) is 13.0 Å². The predicted octanol–water partition coefficient (Wildman–Crippen LogP) is 1.95. The van der Waals surface area contributed by atoms with Crippen molar-refractivity contribution in [3.63, 3.8) is 0 Å². The molecule has 0 radical (unpaired) electrons. The molecular formula is C11H11NO6S. The summed E-state index contributed by atoms with van der Waals surface area (Å²) in [6.45, 7) is 1.80. The first kappa shape index (κ1) is 15.0. The summed E-state index contributed by atoms with van der Waals surface area (Å²) in [5.74, 6) is -2.01. The Bertz CT molecular complexity index is 516. The topological polar surface area (TPSA) is 107 Å². The lowest BCUT2D eigenvalue weighted by molar-refractivity contribution is -0.385. The van der Waals surface area contributed by atoms with E-state index in [-0.39, 0.29) is 28.5 Å². The number of carboxylic acid groups (broad SMARTS) is 1. The molecule has 0 spiro atoms. The minimum absolute atomic E-state index is 0.124. The molecule has 1 aromatic carbocycles. The van der Waals surface area contributed by atoms with Gasteiger partial charge in [0.1, 0.15) is 0 Å². The Morgan fingerprint density at radius 1 is 1.47 bits per heavy atom. The van der Waals surface area contributed by atoms with Crippen molar-refractivity contribution in [2.24, 2.45) is 0 Å². The number of carbonyl (C=O) groups excluding carboxylic acids is 1. The van der Waals surface area contributed by atoms with Crippen molar-refractivity contribution >= 4 is 29.4 Å². The van der Waals surface area contributed by atoms with Crippen molar-refractivity contribution in [2.45, 2.75) is 11.8 Å². The van der Waals surface area contributed by atoms with Crippen molar-refractivity contribution in [3.05, 3.63) is 33.9 Å². The molecule has 0 aliphatic carbocycles. The minimum Gasteiger partial charge on any atom is -0.481 e. The first-order valence-corrected chi connectivity index (χ1v) is 6.24. The molecule has 0 bridgehead atoms. The van der Waals surface area contributed by atoms with Crippen LogP contribution in [0.5, 0.6) is 0 Å². The molecule has 0 saturated carbocycles. The third-order valence-corrected chi connectivity index (χ3v) is 3.06. The van der Waals surface area contributed by atoms with E-state index in [4.69, 9.17) is 9.84 Å². The highest BCUT2D eigenvalue weighted by molar-refractivity contribution is 8.00. The maximum absolute atomic E-state index is 11.6. The fourth-order valence-electron chi connectivity index (χ4n) is 1.26. The van der Waals surface area contributed by atoms with Crippen LogP contribution in [-0.2, 0) is 9.53 Å². The molecule has 0 saturated heterocycles. The normalized spacial score (nSPS) is 9.95. The van der Waals surface area contributed by atoms with Gasteiger partial charge in [-0.1, -0.05) is 0 Å². The third kappa shape index (κ3) is 4.25. The van der Waals surface area contributed by atoms with Gasteiger partial charge in [0.05, 0.1) is 22.8 Å². The quantitative estimate of drug-likeness (QED) is 0.368. The van der Waals surface area contributed by atoms with E-state index in [1.54, 1.807) is 6.92 Å². The monoisotopic (exact) mass is 285 g/mol. The minimum atomic E-state index is -1.08. The van der Waals surface area contributed by atoms with E-state index in [1.165, 1.54) is 18.2 Å². The second kappa shape index (κ2) is 6.74. The van der Waals surface area contributed by atoms with E-state index >= 15 is 0 Å². The third-order valence-electron chi connectivity index (χ3n) is 2.02. The lowest BCUT2D eigenvalue weighted by Gasteiger charge is -2.07. The van der Waals surface area contributed by atoms with Crippen molar-refractivity contribution in [1.29, 1.82) is 0 Å².